The predicted molar refractivity (Wildman–Crippen MR) is 74.2 cm³/mol. The summed E-state index contributed by atoms with van der Waals surface area (Å²) < 4.78 is 5.37. The Morgan fingerprint density at radius 2 is 2.19 bits per heavy atom. The number of nitrogens with zero attached hydrogens (tertiary/aromatic N) is 2. The van der Waals surface area contributed by atoms with Crippen molar-refractivity contribution in [1.82, 2.24) is 9.88 Å². The zero-order valence-electron chi connectivity index (χ0n) is 11.7. The lowest BCUT2D eigenvalue weighted by molar-refractivity contribution is 0.0690. The van der Waals surface area contributed by atoms with Crippen LogP contribution >= 0.6 is 0 Å². The molecule has 2 heterocycles. The summed E-state index contributed by atoms with van der Waals surface area (Å²) in [6.07, 6.45) is 4.40. The Kier molecular flexibility index (Phi) is 3.88. The lowest BCUT2D eigenvalue weighted by Crippen LogP contribution is -2.37. The second-order valence-corrected chi connectivity index (χ2v) is 5.65. The topological polar surface area (TPSA) is 79.7 Å². The van der Waals surface area contributed by atoms with E-state index in [1.807, 2.05) is 4.90 Å². The summed E-state index contributed by atoms with van der Waals surface area (Å²) in [5.41, 5.74) is 0.300. The summed E-state index contributed by atoms with van der Waals surface area (Å²) >= 11 is 0. The second kappa shape index (κ2) is 5.81. The van der Waals surface area contributed by atoms with Gasteiger partial charge in [-0.25, -0.2) is 9.78 Å². The van der Waals surface area contributed by atoms with Gasteiger partial charge in [-0.15, -0.1) is 0 Å². The van der Waals surface area contributed by atoms with E-state index in [0.717, 1.165) is 25.9 Å². The minimum atomic E-state index is -1.12. The van der Waals surface area contributed by atoms with Gasteiger partial charge in [-0.3, -0.25) is 4.79 Å². The van der Waals surface area contributed by atoms with Gasteiger partial charge in [0.2, 0.25) is 0 Å². The molecule has 0 radical (unpaired) electrons. The van der Waals surface area contributed by atoms with Crippen molar-refractivity contribution in [2.45, 2.75) is 25.3 Å². The van der Waals surface area contributed by atoms with E-state index in [0.29, 0.717) is 30.7 Å². The van der Waals surface area contributed by atoms with Crippen molar-refractivity contribution in [1.29, 1.82) is 0 Å². The first-order valence-electron chi connectivity index (χ1n) is 7.23. The van der Waals surface area contributed by atoms with E-state index in [4.69, 9.17) is 9.84 Å². The molecule has 3 rings (SSSR count). The molecule has 1 amide bonds. The third kappa shape index (κ3) is 3.21. The average Bonchev–Trinajstić information content (AvgIpc) is 3.20. The van der Waals surface area contributed by atoms with E-state index < -0.39 is 5.97 Å². The first kappa shape index (κ1) is 14.0. The number of ether oxygens (including phenoxy) is 1. The minimum absolute atomic E-state index is 0.0965. The molecule has 1 aromatic heterocycles. The molecule has 1 aliphatic carbocycles. The molecule has 21 heavy (non-hydrogen) atoms. The summed E-state index contributed by atoms with van der Waals surface area (Å²) in [6, 6.07) is 3.22. The van der Waals surface area contributed by atoms with Crippen LogP contribution in [-0.2, 0) is 4.74 Å². The molecule has 2 fully saturated rings. The monoisotopic (exact) mass is 290 g/mol. The van der Waals surface area contributed by atoms with Crippen LogP contribution in [0.1, 0.15) is 40.1 Å². The second-order valence-electron chi connectivity index (χ2n) is 5.65. The lowest BCUT2D eigenvalue weighted by Gasteiger charge is -2.25. The largest absolute Gasteiger partial charge is 0.477 e. The molecule has 1 aromatic rings. The summed E-state index contributed by atoms with van der Waals surface area (Å²) in [6.45, 7) is 2.15. The quantitative estimate of drug-likeness (QED) is 0.887. The van der Waals surface area contributed by atoms with Gasteiger partial charge in [0.15, 0.2) is 0 Å². The maximum atomic E-state index is 12.7. The molecule has 6 nitrogen and oxygen atoms in total. The van der Waals surface area contributed by atoms with Crippen LogP contribution in [0.3, 0.4) is 0 Å². The van der Waals surface area contributed by atoms with E-state index in [1.165, 1.54) is 12.3 Å². The number of pyridine rings is 1. The van der Waals surface area contributed by atoms with Crippen LogP contribution in [0.15, 0.2) is 18.3 Å². The molecule has 0 bridgehead atoms. The maximum Gasteiger partial charge on any atom is 0.354 e. The van der Waals surface area contributed by atoms with Gasteiger partial charge in [0.25, 0.3) is 5.91 Å². The van der Waals surface area contributed by atoms with E-state index in [2.05, 4.69) is 4.98 Å². The molecule has 1 saturated carbocycles. The Morgan fingerprint density at radius 1 is 1.38 bits per heavy atom. The Morgan fingerprint density at radius 3 is 2.81 bits per heavy atom. The summed E-state index contributed by atoms with van der Waals surface area (Å²) in [5.74, 6) is -0.837. The molecule has 6 heteroatoms. The number of rotatable bonds is 5. The van der Waals surface area contributed by atoms with Crippen LogP contribution in [0.25, 0.3) is 0 Å². The highest BCUT2D eigenvalue weighted by Gasteiger charge is 2.35. The molecular weight excluding hydrogens is 272 g/mol. The zero-order chi connectivity index (χ0) is 14.8. The highest BCUT2D eigenvalue weighted by atomic mass is 16.5. The van der Waals surface area contributed by atoms with Gasteiger partial charge in [0.1, 0.15) is 5.69 Å². The molecular formula is C15H18N2O4. The number of hydrogen-bond donors (Lipinski definition) is 1. The normalized spacial score (nSPS) is 21.2. The van der Waals surface area contributed by atoms with Gasteiger partial charge < -0.3 is 14.7 Å². The molecule has 1 saturated heterocycles. The molecule has 1 atom stereocenters. The molecule has 2 aliphatic rings. The van der Waals surface area contributed by atoms with Gasteiger partial charge in [0.05, 0.1) is 6.61 Å². The number of carbonyl (C=O) groups excluding carboxylic acids is 1. The highest BCUT2D eigenvalue weighted by molar-refractivity contribution is 5.97. The van der Waals surface area contributed by atoms with Crippen molar-refractivity contribution in [3.05, 3.63) is 29.6 Å². The number of carboxylic acids is 1. The smallest absolute Gasteiger partial charge is 0.354 e. The van der Waals surface area contributed by atoms with Gasteiger partial charge in [0, 0.05) is 36.9 Å². The molecule has 0 aromatic carbocycles. The first-order chi connectivity index (χ1) is 10.1. The number of carbonyl (C=O) groups is 2. The van der Waals surface area contributed by atoms with Gasteiger partial charge in [-0.2, -0.15) is 0 Å². The molecule has 0 unspecified atom stereocenters. The standard InChI is InChI=1S/C15H18N2O4/c18-14(11-3-5-16-13(7-11)15(19)20)17(12-1-2-12)8-10-4-6-21-9-10/h3,5,7,10,12H,1-2,4,6,8-9H2,(H,19,20)/t10-/m1/s1. The Hall–Kier alpha value is -1.95. The Bertz CT molecular complexity index is 550. The average molecular weight is 290 g/mol. The van der Waals surface area contributed by atoms with Crippen LogP contribution in [0, 0.1) is 5.92 Å². The van der Waals surface area contributed by atoms with Crippen molar-refractivity contribution in [2.75, 3.05) is 19.8 Å². The third-order valence-electron chi connectivity index (χ3n) is 3.95. The highest BCUT2D eigenvalue weighted by Crippen LogP contribution is 2.30. The Labute approximate surface area is 122 Å². The first-order valence-corrected chi connectivity index (χ1v) is 7.23. The molecule has 0 spiro atoms. The van der Waals surface area contributed by atoms with Gasteiger partial charge in [-0.05, 0) is 31.4 Å². The van der Waals surface area contributed by atoms with Crippen molar-refractivity contribution >= 4 is 11.9 Å². The van der Waals surface area contributed by atoms with Crippen molar-refractivity contribution in [3.63, 3.8) is 0 Å². The summed E-state index contributed by atoms with van der Waals surface area (Å²) in [7, 11) is 0. The molecule has 1 N–H and O–H groups in total. The number of amides is 1. The fraction of sp³-hybridized carbons (Fsp3) is 0.533. The van der Waals surface area contributed by atoms with Crippen molar-refractivity contribution in [2.24, 2.45) is 5.92 Å². The fourth-order valence-electron chi connectivity index (χ4n) is 2.64. The molecule has 112 valence electrons. The van der Waals surface area contributed by atoms with E-state index in [1.54, 1.807) is 6.07 Å². The minimum Gasteiger partial charge on any atom is -0.477 e. The van der Waals surface area contributed by atoms with Crippen LogP contribution < -0.4 is 0 Å². The van der Waals surface area contributed by atoms with Crippen LogP contribution in [0.4, 0.5) is 0 Å². The number of aromatic nitrogens is 1. The maximum absolute atomic E-state index is 12.7. The Balaban J connectivity index is 1.77. The predicted octanol–water partition coefficient (Wildman–Crippen LogP) is 1.42. The third-order valence-corrected chi connectivity index (χ3v) is 3.95. The van der Waals surface area contributed by atoms with Gasteiger partial charge >= 0.3 is 5.97 Å². The number of carboxylic acid groups (broad SMARTS) is 1. The van der Waals surface area contributed by atoms with Crippen LogP contribution in [0.2, 0.25) is 0 Å². The van der Waals surface area contributed by atoms with Gasteiger partial charge in [-0.1, -0.05) is 0 Å². The fourth-order valence-corrected chi connectivity index (χ4v) is 2.64. The SMILES string of the molecule is O=C(O)c1cc(C(=O)N(C[C@H]2CCOC2)C2CC2)ccn1. The summed E-state index contributed by atoms with van der Waals surface area (Å²) in [4.78, 5) is 29.2. The summed E-state index contributed by atoms with van der Waals surface area (Å²) in [5, 5.41) is 8.98. The van der Waals surface area contributed by atoms with E-state index >= 15 is 0 Å². The molecule has 1 aliphatic heterocycles. The van der Waals surface area contributed by atoms with Crippen molar-refractivity contribution < 1.29 is 19.4 Å². The van der Waals surface area contributed by atoms with Crippen molar-refractivity contribution in [3.8, 4) is 0 Å². The van der Waals surface area contributed by atoms with E-state index in [-0.39, 0.29) is 11.6 Å². The van der Waals surface area contributed by atoms with Crippen LogP contribution in [0.5, 0.6) is 0 Å². The number of hydrogen-bond acceptors (Lipinski definition) is 4. The lowest BCUT2D eigenvalue weighted by atomic mass is 10.1. The number of aromatic carboxylic acids is 1. The van der Waals surface area contributed by atoms with E-state index in [9.17, 15) is 9.59 Å². The zero-order valence-corrected chi connectivity index (χ0v) is 11.7. The van der Waals surface area contributed by atoms with Crippen LogP contribution in [-0.4, -0.2) is 52.7 Å².